The molecular formula is C8H4ClNaO4. The van der Waals surface area contributed by atoms with Gasteiger partial charge in [0.25, 0.3) is 0 Å². The van der Waals surface area contributed by atoms with Gasteiger partial charge in [-0.2, -0.15) is 0 Å². The average molecular weight is 223 g/mol. The van der Waals surface area contributed by atoms with Crippen molar-refractivity contribution in [2.45, 2.75) is 0 Å². The summed E-state index contributed by atoms with van der Waals surface area (Å²) in [5, 5.41) is 0. The first kappa shape index (κ1) is 13.6. The Balaban J connectivity index is 0.000000531. The van der Waals surface area contributed by atoms with Gasteiger partial charge in [-0.25, -0.2) is 21.5 Å². The molecule has 4 nitrogen and oxygen atoms in total. The van der Waals surface area contributed by atoms with Gasteiger partial charge in [0.15, 0.2) is 0 Å². The summed E-state index contributed by atoms with van der Waals surface area (Å²) in [5.74, 6) is -1.10. The van der Waals surface area contributed by atoms with E-state index >= 15 is 0 Å². The number of carbonyl (C=O) groups excluding carboxylic acids is 2. The van der Waals surface area contributed by atoms with Crippen LogP contribution in [0.25, 0.3) is 0 Å². The molecule has 0 bridgehead atoms. The predicted molar refractivity (Wildman–Crippen MR) is 42.0 cm³/mol. The zero-order chi connectivity index (χ0) is 9.84. The number of hydrogen-bond acceptors (Lipinski definition) is 4. The zero-order valence-electron chi connectivity index (χ0n) is 7.32. The van der Waals surface area contributed by atoms with Crippen LogP contribution >= 0.6 is 11.9 Å². The summed E-state index contributed by atoms with van der Waals surface area (Å²) in [6.07, 6.45) is 0. The van der Waals surface area contributed by atoms with Crippen molar-refractivity contribution in [3.8, 4) is 0 Å². The molecule has 0 aromatic heterocycles. The Morgan fingerprint density at radius 2 is 1.36 bits per heavy atom. The van der Waals surface area contributed by atoms with E-state index in [0.29, 0.717) is 11.1 Å². The Bertz CT molecular complexity index is 320. The molecule has 1 aliphatic rings. The van der Waals surface area contributed by atoms with E-state index in [9.17, 15) is 9.59 Å². The van der Waals surface area contributed by atoms with Crippen molar-refractivity contribution in [3.63, 3.8) is 0 Å². The minimum Gasteiger partial charge on any atom is -0.769 e. The minimum absolute atomic E-state index is 0. The fraction of sp³-hybridized carbons (Fsp3) is 0. The molecule has 0 saturated carbocycles. The van der Waals surface area contributed by atoms with Crippen LogP contribution in [0.5, 0.6) is 0 Å². The van der Waals surface area contributed by atoms with Crippen LogP contribution in [-0.2, 0) is 4.74 Å². The smallest absolute Gasteiger partial charge is 0.769 e. The Morgan fingerprint density at radius 1 is 1.00 bits per heavy atom. The summed E-state index contributed by atoms with van der Waals surface area (Å²) in [6.45, 7) is 0. The molecule has 14 heavy (non-hydrogen) atoms. The standard InChI is InChI=1S/C8H4O3.ClO.Na/c9-7-5-3-1-2-4-6(5)8(10)11-7;1-2;/h1-4H;;/q;-1;+1. The van der Waals surface area contributed by atoms with E-state index in [1.54, 1.807) is 24.3 Å². The maximum atomic E-state index is 10.8. The Hall–Kier alpha value is -0.390. The van der Waals surface area contributed by atoms with Crippen LogP contribution in [0.1, 0.15) is 20.7 Å². The Kier molecular flexibility index (Phi) is 5.99. The number of cyclic esters (lactones) is 2. The van der Waals surface area contributed by atoms with E-state index in [4.69, 9.17) is 4.66 Å². The Morgan fingerprint density at radius 3 is 1.71 bits per heavy atom. The number of halogens is 1. The van der Waals surface area contributed by atoms with Crippen LogP contribution in [-0.4, -0.2) is 11.9 Å². The largest absolute Gasteiger partial charge is 1.00 e. The van der Waals surface area contributed by atoms with Crippen molar-refractivity contribution in [2.75, 3.05) is 0 Å². The van der Waals surface area contributed by atoms with E-state index in [-0.39, 0.29) is 29.6 Å². The van der Waals surface area contributed by atoms with Gasteiger partial charge in [-0.3, -0.25) is 0 Å². The van der Waals surface area contributed by atoms with Crippen molar-refractivity contribution in [2.24, 2.45) is 0 Å². The van der Waals surface area contributed by atoms with Crippen LogP contribution in [0.2, 0.25) is 0 Å². The second kappa shape index (κ2) is 6.16. The van der Waals surface area contributed by atoms with E-state index < -0.39 is 11.9 Å². The second-order valence-corrected chi connectivity index (χ2v) is 2.22. The first-order chi connectivity index (χ1) is 6.29. The molecule has 6 heteroatoms. The monoisotopic (exact) mass is 222 g/mol. The van der Waals surface area contributed by atoms with Gasteiger partial charge >= 0.3 is 41.5 Å². The van der Waals surface area contributed by atoms with Crippen molar-refractivity contribution in [3.05, 3.63) is 35.4 Å². The number of rotatable bonds is 0. The molecule has 1 aromatic carbocycles. The number of carbonyl (C=O) groups is 2. The Labute approximate surface area is 107 Å². The van der Waals surface area contributed by atoms with Gasteiger partial charge in [0.1, 0.15) is 0 Å². The van der Waals surface area contributed by atoms with Gasteiger partial charge in [0.2, 0.25) is 0 Å². The summed E-state index contributed by atoms with van der Waals surface area (Å²) in [7, 11) is 0. The quantitative estimate of drug-likeness (QED) is 0.277. The van der Waals surface area contributed by atoms with Crippen LogP contribution in [0.4, 0.5) is 0 Å². The maximum absolute atomic E-state index is 10.8. The maximum Gasteiger partial charge on any atom is 1.00 e. The van der Waals surface area contributed by atoms with Gasteiger partial charge in [0, 0.05) is 0 Å². The molecule has 0 atom stereocenters. The molecule has 0 fully saturated rings. The summed E-state index contributed by atoms with van der Waals surface area (Å²) in [5.41, 5.74) is 0.718. The van der Waals surface area contributed by atoms with Gasteiger partial charge < -0.3 is 9.40 Å². The SMILES string of the molecule is O=C1OC(=O)c2ccccc21.[Na+].[O-]Cl. The fourth-order valence-corrected chi connectivity index (χ4v) is 1.03. The summed E-state index contributed by atoms with van der Waals surface area (Å²) >= 11 is 3.39. The third kappa shape index (κ3) is 2.56. The second-order valence-electron chi connectivity index (χ2n) is 2.22. The molecular weight excluding hydrogens is 219 g/mol. The van der Waals surface area contributed by atoms with Gasteiger partial charge in [-0.15, -0.1) is 0 Å². The number of hydrogen-bond donors (Lipinski definition) is 0. The molecule has 1 aliphatic heterocycles. The first-order valence-electron chi connectivity index (χ1n) is 3.30. The minimum atomic E-state index is -0.550. The van der Waals surface area contributed by atoms with E-state index in [1.807, 2.05) is 0 Å². The summed E-state index contributed by atoms with van der Waals surface area (Å²) in [4.78, 5) is 21.7. The predicted octanol–water partition coefficient (Wildman–Crippen LogP) is -2.50. The van der Waals surface area contributed by atoms with Crippen LogP contribution in [0.3, 0.4) is 0 Å². The molecule has 0 N–H and O–H groups in total. The first-order valence-corrected chi connectivity index (χ1v) is 3.61. The van der Waals surface area contributed by atoms with Crippen molar-refractivity contribution in [1.29, 1.82) is 0 Å². The van der Waals surface area contributed by atoms with Crippen LogP contribution < -0.4 is 34.2 Å². The van der Waals surface area contributed by atoms with Gasteiger partial charge in [-0.05, 0) is 12.1 Å². The number of fused-ring (bicyclic) bond motifs is 1. The zero-order valence-corrected chi connectivity index (χ0v) is 10.1. The van der Waals surface area contributed by atoms with Gasteiger partial charge in [-0.1, -0.05) is 12.1 Å². The van der Waals surface area contributed by atoms with Gasteiger partial charge in [0.05, 0.1) is 11.1 Å². The van der Waals surface area contributed by atoms with E-state index in [0.717, 1.165) is 0 Å². The van der Waals surface area contributed by atoms with Crippen molar-refractivity contribution in [1.82, 2.24) is 0 Å². The topological polar surface area (TPSA) is 66.4 Å². The summed E-state index contributed by atoms with van der Waals surface area (Å²) in [6, 6.07) is 6.53. The molecule has 0 saturated heterocycles. The number of esters is 2. The molecule has 0 unspecified atom stereocenters. The van der Waals surface area contributed by atoms with Crippen LogP contribution in [0.15, 0.2) is 24.3 Å². The molecule has 0 radical (unpaired) electrons. The van der Waals surface area contributed by atoms with E-state index in [1.165, 1.54) is 0 Å². The average Bonchev–Trinajstić information content (AvgIpc) is 2.47. The molecule has 1 aromatic rings. The molecule has 0 spiro atoms. The van der Waals surface area contributed by atoms with Crippen molar-refractivity contribution < 1.29 is 48.5 Å². The fourth-order valence-electron chi connectivity index (χ4n) is 1.03. The normalized spacial score (nSPS) is 11.9. The number of benzene rings is 1. The molecule has 68 valence electrons. The third-order valence-corrected chi connectivity index (χ3v) is 1.55. The molecule has 2 rings (SSSR count). The molecule has 0 amide bonds. The third-order valence-electron chi connectivity index (χ3n) is 1.55. The summed E-state index contributed by atoms with van der Waals surface area (Å²) < 4.78 is 12.1. The van der Waals surface area contributed by atoms with E-state index in [2.05, 4.69) is 16.6 Å². The van der Waals surface area contributed by atoms with Crippen molar-refractivity contribution >= 4 is 23.8 Å². The number of ether oxygens (including phenoxy) is 1. The molecule has 0 aliphatic carbocycles. The molecule has 1 heterocycles. The van der Waals surface area contributed by atoms with Crippen LogP contribution in [0, 0.1) is 0 Å².